The van der Waals surface area contributed by atoms with Gasteiger partial charge in [0.2, 0.25) is 0 Å². The van der Waals surface area contributed by atoms with Gasteiger partial charge in [-0.2, -0.15) is 0 Å². The van der Waals surface area contributed by atoms with Gasteiger partial charge in [0.15, 0.2) is 0 Å². The number of hydrogen-bond acceptors (Lipinski definition) is 0. The Morgan fingerprint density at radius 1 is 0.929 bits per heavy atom. The van der Waals surface area contributed by atoms with Crippen molar-refractivity contribution in [2.75, 3.05) is 0 Å². The summed E-state index contributed by atoms with van der Waals surface area (Å²) in [5, 5.41) is 0. The lowest BCUT2D eigenvalue weighted by Crippen LogP contribution is -1.72. The second-order valence-electron chi connectivity index (χ2n) is 3.29. The first-order valence-corrected chi connectivity index (χ1v) is 5.47. The third-order valence-electron chi connectivity index (χ3n) is 1.79. The van der Waals surface area contributed by atoms with Crippen LogP contribution in [0.1, 0.15) is 52.4 Å². The van der Waals surface area contributed by atoms with Crippen LogP contribution >= 0.6 is 0 Å². The average Bonchev–Trinajstić information content (AvgIpc) is 2.19. The molecule has 76 valence electrons. The number of rotatable bonds is 4. The van der Waals surface area contributed by atoms with Crippen LogP contribution in [-0.4, -0.2) is 0 Å². The molecule has 0 aliphatic carbocycles. The van der Waals surface area contributed by atoms with Crippen LogP contribution in [0.2, 0.25) is 0 Å². The quantitative estimate of drug-likeness (QED) is 0.463. The smallest absolute Gasteiger partial charge is 0.0672 e. The Balaban J connectivity index is 3.69. The van der Waals surface area contributed by atoms with E-state index >= 15 is 0 Å². The first-order chi connectivity index (χ1) is 6.81. The standard InChI is InChI=1S/C14H20/c1-4-6-8-10-12-14(3)13-11-9-7-5-2/h3-9H2,1-2H3. The summed E-state index contributed by atoms with van der Waals surface area (Å²) in [6, 6.07) is 0. The van der Waals surface area contributed by atoms with E-state index in [0.29, 0.717) is 0 Å². The molecule has 0 saturated carbocycles. The van der Waals surface area contributed by atoms with Crippen LogP contribution in [0, 0.1) is 23.7 Å². The summed E-state index contributed by atoms with van der Waals surface area (Å²) in [6.45, 7) is 8.14. The number of allylic oxidation sites excluding steroid dienone is 1. The second kappa shape index (κ2) is 9.94. The minimum absolute atomic E-state index is 0.761. The van der Waals surface area contributed by atoms with E-state index in [1.807, 2.05) is 0 Å². The van der Waals surface area contributed by atoms with Crippen molar-refractivity contribution in [3.8, 4) is 23.7 Å². The lowest BCUT2D eigenvalue weighted by molar-refractivity contribution is 0.827. The molecule has 0 nitrogen and oxygen atoms in total. The van der Waals surface area contributed by atoms with Gasteiger partial charge in [0.1, 0.15) is 0 Å². The minimum atomic E-state index is 0.761. The molecule has 0 aromatic rings. The van der Waals surface area contributed by atoms with Gasteiger partial charge in [-0.05, 0) is 12.8 Å². The van der Waals surface area contributed by atoms with Crippen molar-refractivity contribution in [3.63, 3.8) is 0 Å². The summed E-state index contributed by atoms with van der Waals surface area (Å²) in [4.78, 5) is 0. The van der Waals surface area contributed by atoms with Gasteiger partial charge < -0.3 is 0 Å². The van der Waals surface area contributed by atoms with E-state index in [-0.39, 0.29) is 0 Å². The van der Waals surface area contributed by atoms with Crippen LogP contribution in [0.5, 0.6) is 0 Å². The summed E-state index contributed by atoms with van der Waals surface area (Å²) in [7, 11) is 0. The van der Waals surface area contributed by atoms with Crippen LogP contribution in [0.4, 0.5) is 0 Å². The van der Waals surface area contributed by atoms with Crippen LogP contribution in [-0.2, 0) is 0 Å². The predicted molar refractivity (Wildman–Crippen MR) is 63.7 cm³/mol. The highest BCUT2D eigenvalue weighted by Gasteiger charge is 1.80. The molecule has 0 aromatic heterocycles. The predicted octanol–water partition coefficient (Wildman–Crippen LogP) is 3.93. The highest BCUT2D eigenvalue weighted by molar-refractivity contribution is 5.41. The molecule has 0 aliphatic heterocycles. The van der Waals surface area contributed by atoms with E-state index in [9.17, 15) is 0 Å². The zero-order valence-electron chi connectivity index (χ0n) is 9.45. The number of hydrogen-bond donors (Lipinski definition) is 0. The largest absolute Gasteiger partial charge is 0.0972 e. The molecular weight excluding hydrogens is 168 g/mol. The van der Waals surface area contributed by atoms with E-state index in [0.717, 1.165) is 18.4 Å². The molecule has 0 aliphatic rings. The molecule has 14 heavy (non-hydrogen) atoms. The van der Waals surface area contributed by atoms with Crippen LogP contribution < -0.4 is 0 Å². The third-order valence-corrected chi connectivity index (χ3v) is 1.79. The van der Waals surface area contributed by atoms with Gasteiger partial charge in [0.25, 0.3) is 0 Å². The highest BCUT2D eigenvalue weighted by atomic mass is 13.8. The lowest BCUT2D eigenvalue weighted by Gasteiger charge is -1.85. The van der Waals surface area contributed by atoms with Gasteiger partial charge in [0.05, 0.1) is 5.57 Å². The van der Waals surface area contributed by atoms with Crippen molar-refractivity contribution in [1.82, 2.24) is 0 Å². The van der Waals surface area contributed by atoms with Gasteiger partial charge >= 0.3 is 0 Å². The molecule has 0 unspecified atom stereocenters. The van der Waals surface area contributed by atoms with Gasteiger partial charge in [-0.25, -0.2) is 0 Å². The molecule has 0 N–H and O–H groups in total. The molecule has 0 bridgehead atoms. The van der Waals surface area contributed by atoms with Gasteiger partial charge in [-0.3, -0.25) is 0 Å². The lowest BCUT2D eigenvalue weighted by atomic mass is 10.2. The molecule has 0 atom stereocenters. The van der Waals surface area contributed by atoms with E-state index in [1.165, 1.54) is 25.7 Å². The van der Waals surface area contributed by atoms with E-state index < -0.39 is 0 Å². The Kier molecular flexibility index (Phi) is 9.13. The van der Waals surface area contributed by atoms with Gasteiger partial charge in [-0.1, -0.05) is 56.9 Å². The summed E-state index contributed by atoms with van der Waals surface area (Å²) in [6.07, 6.45) is 6.66. The topological polar surface area (TPSA) is 0 Å². The fourth-order valence-corrected chi connectivity index (χ4v) is 0.900. The van der Waals surface area contributed by atoms with Crippen molar-refractivity contribution in [2.45, 2.75) is 52.4 Å². The van der Waals surface area contributed by atoms with Crippen LogP contribution in [0.15, 0.2) is 12.2 Å². The average molecular weight is 188 g/mol. The van der Waals surface area contributed by atoms with E-state index in [4.69, 9.17) is 0 Å². The minimum Gasteiger partial charge on any atom is -0.0972 e. The van der Waals surface area contributed by atoms with Crippen molar-refractivity contribution >= 4 is 0 Å². The molecule has 0 fully saturated rings. The zero-order valence-corrected chi connectivity index (χ0v) is 9.45. The summed E-state index contributed by atoms with van der Waals surface area (Å²) >= 11 is 0. The van der Waals surface area contributed by atoms with Crippen LogP contribution in [0.25, 0.3) is 0 Å². The molecule has 0 amide bonds. The van der Waals surface area contributed by atoms with Crippen molar-refractivity contribution in [2.24, 2.45) is 0 Å². The maximum absolute atomic E-state index is 3.80. The van der Waals surface area contributed by atoms with Crippen molar-refractivity contribution < 1.29 is 0 Å². The first kappa shape index (κ1) is 12.9. The molecule has 0 heterocycles. The van der Waals surface area contributed by atoms with Gasteiger partial charge in [-0.15, -0.1) is 0 Å². The van der Waals surface area contributed by atoms with E-state index in [2.05, 4.69) is 44.1 Å². The summed E-state index contributed by atoms with van der Waals surface area (Å²) in [5.41, 5.74) is 0.761. The SMILES string of the molecule is C=C(C#CCCCC)C#CCCCC. The molecule has 0 rings (SSSR count). The maximum atomic E-state index is 3.80. The van der Waals surface area contributed by atoms with Gasteiger partial charge in [0, 0.05) is 12.8 Å². The molecule has 0 heteroatoms. The monoisotopic (exact) mass is 188 g/mol. The van der Waals surface area contributed by atoms with Crippen LogP contribution in [0.3, 0.4) is 0 Å². The summed E-state index contributed by atoms with van der Waals surface area (Å²) < 4.78 is 0. The Morgan fingerprint density at radius 3 is 1.71 bits per heavy atom. The Labute approximate surface area is 88.8 Å². The third kappa shape index (κ3) is 8.95. The Bertz CT molecular complexity index is 234. The Hall–Kier alpha value is -1.14. The molecule has 0 radical (unpaired) electrons. The maximum Gasteiger partial charge on any atom is 0.0672 e. The second-order valence-corrected chi connectivity index (χ2v) is 3.29. The van der Waals surface area contributed by atoms with E-state index in [1.54, 1.807) is 0 Å². The molecule has 0 spiro atoms. The summed E-state index contributed by atoms with van der Waals surface area (Å²) in [5.74, 6) is 12.1. The highest BCUT2D eigenvalue weighted by Crippen LogP contribution is 1.94. The molecule has 0 saturated heterocycles. The van der Waals surface area contributed by atoms with Crippen molar-refractivity contribution in [1.29, 1.82) is 0 Å². The van der Waals surface area contributed by atoms with Crippen molar-refractivity contribution in [3.05, 3.63) is 12.2 Å². The molecular formula is C14H20. The zero-order chi connectivity index (χ0) is 10.6. The Morgan fingerprint density at radius 2 is 1.36 bits per heavy atom. The first-order valence-electron chi connectivity index (χ1n) is 5.47. The number of unbranched alkanes of at least 4 members (excludes halogenated alkanes) is 4. The normalized spacial score (nSPS) is 8.14. The fourth-order valence-electron chi connectivity index (χ4n) is 0.900. The fraction of sp³-hybridized carbons (Fsp3) is 0.571. The molecule has 0 aromatic carbocycles.